The predicted molar refractivity (Wildman–Crippen MR) is 73.5 cm³/mol. The number of pyridine rings is 1. The van der Waals surface area contributed by atoms with Gasteiger partial charge in [-0.1, -0.05) is 6.07 Å². The Hall–Kier alpha value is -1.88. The molecule has 0 aliphatic carbocycles. The fourth-order valence-electron chi connectivity index (χ4n) is 1.64. The Morgan fingerprint density at radius 2 is 2.28 bits per heavy atom. The number of nitrogens with two attached hydrogens (primary N) is 1. The van der Waals surface area contributed by atoms with Crippen molar-refractivity contribution >= 4 is 22.9 Å². The Labute approximate surface area is 110 Å². The Kier molecular flexibility index (Phi) is 3.62. The van der Waals surface area contributed by atoms with Crippen molar-refractivity contribution in [2.75, 3.05) is 12.8 Å². The molecule has 1 amide bonds. The highest BCUT2D eigenvalue weighted by molar-refractivity contribution is 7.10. The molecule has 0 fully saturated rings. The molecule has 94 valence electrons. The van der Waals surface area contributed by atoms with Gasteiger partial charge < -0.3 is 10.6 Å². The zero-order valence-electron chi connectivity index (χ0n) is 10.3. The number of hydrogen-bond acceptors (Lipinski definition) is 4. The highest BCUT2D eigenvalue weighted by atomic mass is 32.1. The van der Waals surface area contributed by atoms with E-state index in [4.69, 9.17) is 5.73 Å². The molecule has 2 aromatic rings. The van der Waals surface area contributed by atoms with E-state index < -0.39 is 0 Å². The summed E-state index contributed by atoms with van der Waals surface area (Å²) in [5.74, 6) is -0.122. The molecule has 1 atom stereocenters. The van der Waals surface area contributed by atoms with Gasteiger partial charge in [-0.15, -0.1) is 11.3 Å². The van der Waals surface area contributed by atoms with E-state index in [1.807, 2.05) is 24.4 Å². The Bertz CT molecular complexity index is 539. The number of hydrogen-bond donors (Lipinski definition) is 1. The van der Waals surface area contributed by atoms with E-state index >= 15 is 0 Å². The molecule has 0 bridgehead atoms. The van der Waals surface area contributed by atoms with E-state index in [1.165, 1.54) is 0 Å². The summed E-state index contributed by atoms with van der Waals surface area (Å²) >= 11 is 1.64. The summed E-state index contributed by atoms with van der Waals surface area (Å²) in [7, 11) is 1.78. The summed E-state index contributed by atoms with van der Waals surface area (Å²) in [5, 5.41) is 2.00. The molecule has 1 unspecified atom stereocenters. The molecule has 0 saturated carbocycles. The van der Waals surface area contributed by atoms with Crippen molar-refractivity contribution in [3.8, 4) is 0 Å². The normalized spacial score (nSPS) is 12.1. The van der Waals surface area contributed by atoms with E-state index in [1.54, 1.807) is 41.6 Å². The lowest BCUT2D eigenvalue weighted by atomic mass is 10.2. The van der Waals surface area contributed by atoms with E-state index in [0.717, 1.165) is 4.88 Å². The van der Waals surface area contributed by atoms with Crippen LogP contribution in [0.25, 0.3) is 0 Å². The summed E-state index contributed by atoms with van der Waals surface area (Å²) in [6, 6.07) is 7.29. The van der Waals surface area contributed by atoms with Crippen LogP contribution in [-0.2, 0) is 0 Å². The maximum Gasteiger partial charge on any atom is 0.272 e. The van der Waals surface area contributed by atoms with Gasteiger partial charge in [-0.3, -0.25) is 9.78 Å². The highest BCUT2D eigenvalue weighted by Gasteiger charge is 2.20. The summed E-state index contributed by atoms with van der Waals surface area (Å²) in [6.45, 7) is 2.00. The number of carbonyl (C=O) groups is 1. The largest absolute Gasteiger partial charge is 0.399 e. The summed E-state index contributed by atoms with van der Waals surface area (Å²) < 4.78 is 0. The maximum absolute atomic E-state index is 12.2. The van der Waals surface area contributed by atoms with Gasteiger partial charge in [-0.2, -0.15) is 0 Å². The minimum Gasteiger partial charge on any atom is -0.399 e. The van der Waals surface area contributed by atoms with Crippen LogP contribution < -0.4 is 5.73 Å². The van der Waals surface area contributed by atoms with Crippen LogP contribution in [0.2, 0.25) is 0 Å². The van der Waals surface area contributed by atoms with Crippen molar-refractivity contribution in [2.24, 2.45) is 0 Å². The van der Waals surface area contributed by atoms with Crippen LogP contribution in [0.3, 0.4) is 0 Å². The third kappa shape index (κ3) is 2.51. The van der Waals surface area contributed by atoms with Gasteiger partial charge in [-0.05, 0) is 30.5 Å². The number of nitrogens with zero attached hydrogens (tertiary/aromatic N) is 2. The molecule has 0 radical (unpaired) electrons. The maximum atomic E-state index is 12.2. The monoisotopic (exact) mass is 261 g/mol. The number of carbonyl (C=O) groups excluding carboxylic acids is 1. The second kappa shape index (κ2) is 5.18. The average Bonchev–Trinajstić information content (AvgIpc) is 2.90. The average molecular weight is 261 g/mol. The SMILES string of the molecule is CC(c1cccs1)N(C)C(=O)c1cc(N)ccn1. The van der Waals surface area contributed by atoms with Gasteiger partial charge in [0.25, 0.3) is 5.91 Å². The van der Waals surface area contributed by atoms with Gasteiger partial charge in [0, 0.05) is 23.8 Å². The lowest BCUT2D eigenvalue weighted by molar-refractivity contribution is 0.0739. The Morgan fingerprint density at radius 1 is 1.50 bits per heavy atom. The van der Waals surface area contributed by atoms with Gasteiger partial charge in [0.1, 0.15) is 5.69 Å². The lowest BCUT2D eigenvalue weighted by Gasteiger charge is -2.23. The third-order valence-corrected chi connectivity index (χ3v) is 3.90. The highest BCUT2D eigenvalue weighted by Crippen LogP contribution is 2.24. The molecule has 2 heterocycles. The van der Waals surface area contributed by atoms with E-state index in [9.17, 15) is 4.79 Å². The Morgan fingerprint density at radius 3 is 2.89 bits per heavy atom. The van der Waals surface area contributed by atoms with Crippen LogP contribution in [0, 0.1) is 0 Å². The fraction of sp³-hybridized carbons (Fsp3) is 0.231. The number of nitrogen functional groups attached to an aromatic ring is 1. The van der Waals surface area contributed by atoms with Crippen molar-refractivity contribution in [2.45, 2.75) is 13.0 Å². The molecule has 0 aromatic carbocycles. The minimum atomic E-state index is -0.122. The lowest BCUT2D eigenvalue weighted by Crippen LogP contribution is -2.29. The van der Waals surface area contributed by atoms with Crippen molar-refractivity contribution < 1.29 is 4.79 Å². The quantitative estimate of drug-likeness (QED) is 0.923. The molecule has 4 nitrogen and oxygen atoms in total. The molecule has 0 aliphatic rings. The number of rotatable bonds is 3. The first-order chi connectivity index (χ1) is 8.59. The van der Waals surface area contributed by atoms with E-state index in [0.29, 0.717) is 11.4 Å². The predicted octanol–water partition coefficient (Wildman–Crippen LogP) is 2.56. The standard InChI is InChI=1S/C13H15N3OS/c1-9(12-4-3-7-18-12)16(2)13(17)11-8-10(14)5-6-15-11/h3-9H,1-2H3,(H2,14,15). The topological polar surface area (TPSA) is 59.2 Å². The zero-order chi connectivity index (χ0) is 13.1. The summed E-state index contributed by atoms with van der Waals surface area (Å²) in [6.07, 6.45) is 1.55. The van der Waals surface area contributed by atoms with Gasteiger partial charge in [0.2, 0.25) is 0 Å². The van der Waals surface area contributed by atoms with Crippen molar-refractivity contribution in [3.63, 3.8) is 0 Å². The minimum absolute atomic E-state index is 0.0285. The molecule has 0 aliphatic heterocycles. The second-order valence-electron chi connectivity index (χ2n) is 4.08. The molecule has 2 rings (SSSR count). The number of aromatic nitrogens is 1. The van der Waals surface area contributed by atoms with Crippen LogP contribution in [0.4, 0.5) is 5.69 Å². The van der Waals surface area contributed by atoms with Crippen LogP contribution in [-0.4, -0.2) is 22.8 Å². The smallest absolute Gasteiger partial charge is 0.272 e. The van der Waals surface area contributed by atoms with Gasteiger partial charge >= 0.3 is 0 Å². The first-order valence-corrected chi connectivity index (χ1v) is 6.49. The molecule has 18 heavy (non-hydrogen) atoms. The fourth-order valence-corrected chi connectivity index (χ4v) is 2.47. The number of amides is 1. The Balaban J connectivity index is 2.19. The van der Waals surface area contributed by atoms with E-state index in [2.05, 4.69) is 4.98 Å². The van der Waals surface area contributed by atoms with Crippen LogP contribution in [0.1, 0.15) is 28.3 Å². The molecule has 5 heteroatoms. The second-order valence-corrected chi connectivity index (χ2v) is 5.06. The molecule has 2 N–H and O–H groups in total. The molecular weight excluding hydrogens is 246 g/mol. The zero-order valence-corrected chi connectivity index (χ0v) is 11.1. The van der Waals surface area contributed by atoms with Gasteiger partial charge in [0.15, 0.2) is 0 Å². The number of anilines is 1. The van der Waals surface area contributed by atoms with Crippen molar-refractivity contribution in [3.05, 3.63) is 46.4 Å². The summed E-state index contributed by atoms with van der Waals surface area (Å²) in [4.78, 5) is 19.1. The third-order valence-electron chi connectivity index (χ3n) is 2.86. The first-order valence-electron chi connectivity index (χ1n) is 5.61. The molecule has 0 saturated heterocycles. The van der Waals surface area contributed by atoms with Crippen LogP contribution >= 0.6 is 11.3 Å². The summed E-state index contributed by atoms with van der Waals surface area (Å²) in [5.41, 5.74) is 6.58. The van der Waals surface area contributed by atoms with E-state index in [-0.39, 0.29) is 11.9 Å². The van der Waals surface area contributed by atoms with Crippen molar-refractivity contribution in [1.29, 1.82) is 0 Å². The van der Waals surface area contributed by atoms with Gasteiger partial charge in [0.05, 0.1) is 6.04 Å². The number of thiophene rings is 1. The van der Waals surface area contributed by atoms with Crippen LogP contribution in [0.15, 0.2) is 35.8 Å². The van der Waals surface area contributed by atoms with Gasteiger partial charge in [-0.25, -0.2) is 0 Å². The molecule has 0 spiro atoms. The molecular formula is C13H15N3OS. The first kappa shape index (κ1) is 12.6. The van der Waals surface area contributed by atoms with Crippen LogP contribution in [0.5, 0.6) is 0 Å². The van der Waals surface area contributed by atoms with Crippen molar-refractivity contribution in [1.82, 2.24) is 9.88 Å². The molecule has 2 aromatic heterocycles.